The van der Waals surface area contributed by atoms with Gasteiger partial charge in [0.05, 0.1) is 11.7 Å². The van der Waals surface area contributed by atoms with Crippen LogP contribution >= 0.6 is 11.8 Å². The van der Waals surface area contributed by atoms with E-state index in [9.17, 15) is 4.79 Å². The number of carbonyl (C=O) groups is 1. The van der Waals surface area contributed by atoms with E-state index < -0.39 is 0 Å². The van der Waals surface area contributed by atoms with E-state index in [4.69, 9.17) is 0 Å². The van der Waals surface area contributed by atoms with Gasteiger partial charge >= 0.3 is 0 Å². The molecule has 3 nitrogen and oxygen atoms in total. The first kappa shape index (κ1) is 15.2. The maximum Gasteiger partial charge on any atom is 0.244 e. The lowest BCUT2D eigenvalue weighted by molar-refractivity contribution is -0.133. The van der Waals surface area contributed by atoms with Crippen LogP contribution in [-0.4, -0.2) is 41.1 Å². The molecule has 0 aromatic rings. The quantitative estimate of drug-likeness (QED) is 0.729. The molecule has 4 heteroatoms. The van der Waals surface area contributed by atoms with E-state index in [0.717, 1.165) is 32.2 Å². The van der Waals surface area contributed by atoms with Crippen molar-refractivity contribution in [3.8, 4) is 0 Å². The van der Waals surface area contributed by atoms with Crippen LogP contribution in [0.15, 0.2) is 0 Å². The van der Waals surface area contributed by atoms with Crippen LogP contribution in [0.3, 0.4) is 0 Å². The molecule has 1 atom stereocenters. The van der Waals surface area contributed by atoms with Gasteiger partial charge in [0.2, 0.25) is 5.91 Å². The Balaban J connectivity index is 1.85. The third-order valence-corrected chi connectivity index (χ3v) is 5.28. The summed E-state index contributed by atoms with van der Waals surface area (Å²) in [6.07, 6.45) is 11.6. The maximum absolute atomic E-state index is 12.7. The average Bonchev–Trinajstić information content (AvgIpc) is 2.99. The Morgan fingerprint density at radius 1 is 1.32 bits per heavy atom. The number of amides is 1. The van der Waals surface area contributed by atoms with E-state index in [-0.39, 0.29) is 11.7 Å². The fourth-order valence-corrected chi connectivity index (χ4v) is 3.99. The van der Waals surface area contributed by atoms with Crippen LogP contribution in [0, 0.1) is 0 Å². The number of nitrogens with one attached hydrogen (secondary N) is 1. The Hall–Kier alpha value is -0.220. The van der Waals surface area contributed by atoms with Crippen molar-refractivity contribution in [1.82, 2.24) is 10.2 Å². The van der Waals surface area contributed by atoms with E-state index in [1.165, 1.54) is 31.4 Å². The summed E-state index contributed by atoms with van der Waals surface area (Å²) in [5, 5.41) is 3.64. The van der Waals surface area contributed by atoms with E-state index in [1.54, 1.807) is 0 Å². The fourth-order valence-electron chi connectivity index (χ4n) is 3.50. The minimum absolute atomic E-state index is 0.181. The molecular formula is C15H28N2OS. The van der Waals surface area contributed by atoms with Gasteiger partial charge in [-0.2, -0.15) is 11.8 Å². The van der Waals surface area contributed by atoms with Gasteiger partial charge in [-0.25, -0.2) is 0 Å². The average molecular weight is 284 g/mol. The molecule has 1 heterocycles. The van der Waals surface area contributed by atoms with Crippen molar-refractivity contribution in [3.05, 3.63) is 0 Å². The summed E-state index contributed by atoms with van der Waals surface area (Å²) < 4.78 is 0. The molecule has 2 aliphatic rings. The smallest absolute Gasteiger partial charge is 0.244 e. The summed E-state index contributed by atoms with van der Waals surface area (Å²) in [5.41, 5.74) is -0.181. The van der Waals surface area contributed by atoms with Gasteiger partial charge < -0.3 is 4.90 Å². The summed E-state index contributed by atoms with van der Waals surface area (Å²) in [5.74, 6) is 1.63. The molecule has 0 aromatic heterocycles. The highest BCUT2D eigenvalue weighted by molar-refractivity contribution is 7.98. The molecule has 1 saturated heterocycles. The zero-order valence-corrected chi connectivity index (χ0v) is 13.2. The lowest BCUT2D eigenvalue weighted by Crippen LogP contribution is -2.44. The summed E-state index contributed by atoms with van der Waals surface area (Å²) in [4.78, 5) is 14.8. The molecule has 2 fully saturated rings. The van der Waals surface area contributed by atoms with Crippen LogP contribution < -0.4 is 5.32 Å². The van der Waals surface area contributed by atoms with Crippen molar-refractivity contribution in [3.63, 3.8) is 0 Å². The second-order valence-corrected chi connectivity index (χ2v) is 6.90. The predicted octanol–water partition coefficient (Wildman–Crippen LogP) is 3.00. The van der Waals surface area contributed by atoms with Crippen molar-refractivity contribution in [1.29, 1.82) is 0 Å². The summed E-state index contributed by atoms with van der Waals surface area (Å²) in [6, 6.07) is 0. The normalized spacial score (nSPS) is 25.7. The molecule has 1 spiro atoms. The van der Waals surface area contributed by atoms with Gasteiger partial charge in [-0.05, 0) is 44.1 Å². The first-order valence-corrected chi connectivity index (χ1v) is 9.20. The lowest BCUT2D eigenvalue weighted by Gasteiger charge is -2.23. The van der Waals surface area contributed by atoms with Crippen LogP contribution in [0.1, 0.15) is 58.3 Å². The molecule has 1 unspecified atom stereocenters. The zero-order chi connectivity index (χ0) is 13.7. The van der Waals surface area contributed by atoms with Crippen LogP contribution in [-0.2, 0) is 4.79 Å². The van der Waals surface area contributed by atoms with Crippen molar-refractivity contribution < 1.29 is 4.79 Å². The highest BCUT2D eigenvalue weighted by Crippen LogP contribution is 2.37. The van der Waals surface area contributed by atoms with Gasteiger partial charge in [-0.15, -0.1) is 0 Å². The molecule has 2 rings (SSSR count). The van der Waals surface area contributed by atoms with Crippen LogP contribution in [0.2, 0.25) is 0 Å². The Morgan fingerprint density at radius 2 is 2.05 bits per heavy atom. The van der Waals surface area contributed by atoms with Crippen molar-refractivity contribution >= 4 is 17.7 Å². The molecule has 1 aliphatic carbocycles. The maximum atomic E-state index is 12.7. The van der Waals surface area contributed by atoms with Crippen molar-refractivity contribution in [2.75, 3.05) is 18.6 Å². The number of hydrogen-bond donors (Lipinski definition) is 1. The van der Waals surface area contributed by atoms with E-state index in [0.29, 0.717) is 5.91 Å². The van der Waals surface area contributed by atoms with Gasteiger partial charge in [0.1, 0.15) is 0 Å². The summed E-state index contributed by atoms with van der Waals surface area (Å²) in [7, 11) is 0. The molecule has 0 aromatic carbocycles. The third-order valence-electron chi connectivity index (χ3n) is 4.58. The van der Waals surface area contributed by atoms with Crippen molar-refractivity contribution in [2.45, 2.75) is 70.0 Å². The fraction of sp³-hybridized carbons (Fsp3) is 0.933. The second kappa shape index (κ2) is 6.98. The number of carbonyl (C=O) groups excluding carboxylic acids is 1. The topological polar surface area (TPSA) is 32.3 Å². The number of nitrogens with zero attached hydrogens (tertiary/aromatic N) is 1. The zero-order valence-electron chi connectivity index (χ0n) is 12.4. The highest BCUT2D eigenvalue weighted by atomic mass is 32.2. The van der Waals surface area contributed by atoms with Crippen LogP contribution in [0.4, 0.5) is 0 Å². The van der Waals surface area contributed by atoms with E-state index >= 15 is 0 Å². The Labute approximate surface area is 121 Å². The monoisotopic (exact) mass is 284 g/mol. The summed E-state index contributed by atoms with van der Waals surface area (Å²) in [6.45, 7) is 3.13. The standard InChI is InChI=1S/C15H28N2OS/c1-3-13-16-15(9-5-6-10-15)14(18)17(13)11-7-4-8-12-19-2/h13,16H,3-12H2,1-2H3. The highest BCUT2D eigenvalue weighted by Gasteiger charge is 2.51. The van der Waals surface area contributed by atoms with Crippen LogP contribution in [0.25, 0.3) is 0 Å². The van der Waals surface area contributed by atoms with Gasteiger partial charge in [0.15, 0.2) is 0 Å². The number of rotatable bonds is 7. The van der Waals surface area contributed by atoms with Gasteiger partial charge in [0, 0.05) is 6.54 Å². The molecule has 1 aliphatic heterocycles. The van der Waals surface area contributed by atoms with Gasteiger partial charge in [0.25, 0.3) is 0 Å². The predicted molar refractivity (Wildman–Crippen MR) is 82.4 cm³/mol. The third kappa shape index (κ3) is 3.27. The van der Waals surface area contributed by atoms with Gasteiger partial charge in [-0.1, -0.05) is 26.2 Å². The minimum Gasteiger partial charge on any atom is -0.326 e. The Kier molecular flexibility index (Phi) is 5.58. The molecule has 0 radical (unpaired) electrons. The molecule has 1 N–H and O–H groups in total. The molecule has 1 amide bonds. The largest absolute Gasteiger partial charge is 0.326 e. The lowest BCUT2D eigenvalue weighted by atomic mass is 9.98. The van der Waals surface area contributed by atoms with E-state index in [1.807, 2.05) is 11.8 Å². The number of thioether (sulfide) groups is 1. The number of unbranched alkanes of at least 4 members (excludes halogenated alkanes) is 2. The van der Waals surface area contributed by atoms with Crippen molar-refractivity contribution in [2.24, 2.45) is 0 Å². The molecule has 19 heavy (non-hydrogen) atoms. The first-order chi connectivity index (χ1) is 9.23. The Bertz CT molecular complexity index is 303. The molecule has 1 saturated carbocycles. The van der Waals surface area contributed by atoms with Gasteiger partial charge in [-0.3, -0.25) is 10.1 Å². The minimum atomic E-state index is -0.181. The first-order valence-electron chi connectivity index (χ1n) is 7.81. The molecular weight excluding hydrogens is 256 g/mol. The van der Waals surface area contributed by atoms with Crippen LogP contribution in [0.5, 0.6) is 0 Å². The number of hydrogen-bond acceptors (Lipinski definition) is 3. The molecule has 0 bridgehead atoms. The Morgan fingerprint density at radius 3 is 2.68 bits per heavy atom. The summed E-state index contributed by atoms with van der Waals surface area (Å²) >= 11 is 1.91. The molecule has 110 valence electrons. The SMILES string of the molecule is CCC1NC2(CCCC2)C(=O)N1CCCCCSC. The second-order valence-electron chi connectivity index (χ2n) is 5.91. The van der Waals surface area contributed by atoms with E-state index in [2.05, 4.69) is 23.4 Å².